The number of ether oxygens (including phenoxy) is 1. The lowest BCUT2D eigenvalue weighted by Crippen LogP contribution is -2.44. The fourth-order valence-corrected chi connectivity index (χ4v) is 2.12. The molecule has 7 nitrogen and oxygen atoms in total. The van der Waals surface area contributed by atoms with E-state index in [9.17, 15) is 18.7 Å². The van der Waals surface area contributed by atoms with Crippen LogP contribution in [0, 0.1) is 17.7 Å². The van der Waals surface area contributed by atoms with Gasteiger partial charge in [0.2, 0.25) is 5.67 Å². The zero-order chi connectivity index (χ0) is 15.8. The first-order valence-corrected chi connectivity index (χ1v) is 5.96. The van der Waals surface area contributed by atoms with Gasteiger partial charge >= 0.3 is 5.69 Å². The Morgan fingerprint density at radius 3 is 2.90 bits per heavy atom. The number of nitrogens with two attached hydrogens (primary N) is 1. The van der Waals surface area contributed by atoms with E-state index < -0.39 is 48.0 Å². The van der Waals surface area contributed by atoms with Crippen LogP contribution < -0.4 is 11.4 Å². The smallest absolute Gasteiger partial charge is 0.351 e. The molecule has 0 aliphatic carbocycles. The minimum absolute atomic E-state index is 0.509. The van der Waals surface area contributed by atoms with Crippen LogP contribution in [0.25, 0.3) is 0 Å². The number of aliphatic hydroxyl groups excluding tert-OH is 2. The van der Waals surface area contributed by atoms with Gasteiger partial charge in [-0.15, -0.1) is 5.92 Å². The molecular weight excluding hydrogens is 288 g/mol. The maximum atomic E-state index is 14.9. The van der Waals surface area contributed by atoms with Gasteiger partial charge in [0.25, 0.3) is 0 Å². The topological polar surface area (TPSA) is 111 Å². The number of alkyl halides is 1. The highest BCUT2D eigenvalue weighted by Crippen LogP contribution is 2.40. The molecule has 0 amide bonds. The van der Waals surface area contributed by atoms with Crippen molar-refractivity contribution in [3.8, 4) is 11.8 Å². The minimum Gasteiger partial charge on any atom is -0.394 e. The molecular formula is C12H13F2N3O4. The van der Waals surface area contributed by atoms with Crippen LogP contribution >= 0.6 is 0 Å². The number of rotatable bonds is 2. The first kappa shape index (κ1) is 15.4. The van der Waals surface area contributed by atoms with Crippen LogP contribution in [0.3, 0.4) is 0 Å². The molecule has 1 aromatic rings. The Bertz CT molecular complexity index is 669. The molecule has 1 aliphatic heterocycles. The maximum absolute atomic E-state index is 14.9. The Kier molecular flexibility index (Phi) is 3.95. The van der Waals surface area contributed by atoms with E-state index in [1.54, 1.807) is 0 Å². The van der Waals surface area contributed by atoms with Crippen molar-refractivity contribution in [2.24, 2.45) is 0 Å². The van der Waals surface area contributed by atoms with Crippen molar-refractivity contribution in [1.82, 2.24) is 9.55 Å². The number of halogens is 2. The standard InChI is InChI=1S/C12H13F2N3O4/c1-2-3-12(14)8(19)7(5-18)21-10(12)17-4-6(13)9(15)16-11(17)20/h4,7-8,10,18-19H,5H2,1H3,(H2,15,16,20)/t7-,8?,10-,12-/m1/s1. The lowest BCUT2D eigenvalue weighted by Gasteiger charge is -2.24. The Morgan fingerprint density at radius 1 is 1.67 bits per heavy atom. The molecule has 21 heavy (non-hydrogen) atoms. The van der Waals surface area contributed by atoms with Crippen LogP contribution in [0.5, 0.6) is 0 Å². The van der Waals surface area contributed by atoms with Gasteiger partial charge in [-0.05, 0) is 6.92 Å². The molecule has 0 aromatic carbocycles. The van der Waals surface area contributed by atoms with Gasteiger partial charge in [0, 0.05) is 0 Å². The van der Waals surface area contributed by atoms with Gasteiger partial charge < -0.3 is 20.7 Å². The summed E-state index contributed by atoms with van der Waals surface area (Å²) in [6, 6.07) is 0. The first-order valence-electron chi connectivity index (χ1n) is 5.96. The lowest BCUT2D eigenvalue weighted by molar-refractivity contribution is -0.0546. The summed E-state index contributed by atoms with van der Waals surface area (Å²) >= 11 is 0. The number of nitrogen functional groups attached to an aromatic ring is 1. The summed E-state index contributed by atoms with van der Waals surface area (Å²) in [6.45, 7) is 0.621. The monoisotopic (exact) mass is 301 g/mol. The quantitative estimate of drug-likeness (QED) is 0.601. The van der Waals surface area contributed by atoms with Gasteiger partial charge in [0.15, 0.2) is 17.9 Å². The zero-order valence-electron chi connectivity index (χ0n) is 11.0. The summed E-state index contributed by atoms with van der Waals surface area (Å²) in [5.41, 5.74) is 1.38. The molecule has 1 unspecified atom stereocenters. The Hall–Kier alpha value is -2.02. The summed E-state index contributed by atoms with van der Waals surface area (Å²) < 4.78 is 34.0. The van der Waals surface area contributed by atoms with Gasteiger partial charge in [0.1, 0.15) is 12.2 Å². The summed E-state index contributed by atoms with van der Waals surface area (Å²) in [5.74, 6) is 2.68. The van der Waals surface area contributed by atoms with E-state index in [1.807, 2.05) is 0 Å². The third-order valence-electron chi connectivity index (χ3n) is 3.13. The van der Waals surface area contributed by atoms with Crippen LogP contribution in [0.1, 0.15) is 13.2 Å². The van der Waals surface area contributed by atoms with E-state index >= 15 is 0 Å². The van der Waals surface area contributed by atoms with Crippen LogP contribution in [0.15, 0.2) is 11.0 Å². The Balaban J connectivity index is 2.58. The Morgan fingerprint density at radius 2 is 2.33 bits per heavy atom. The van der Waals surface area contributed by atoms with Gasteiger partial charge in [-0.3, -0.25) is 4.57 Å². The summed E-state index contributed by atoms with van der Waals surface area (Å²) in [5, 5.41) is 18.9. The van der Waals surface area contributed by atoms with E-state index in [0.717, 1.165) is 0 Å². The van der Waals surface area contributed by atoms with Crippen LogP contribution in [0.4, 0.5) is 14.6 Å². The van der Waals surface area contributed by atoms with E-state index in [0.29, 0.717) is 10.8 Å². The Labute approximate surface area is 118 Å². The van der Waals surface area contributed by atoms with Gasteiger partial charge in [0.05, 0.1) is 12.8 Å². The second-order valence-corrected chi connectivity index (χ2v) is 4.46. The summed E-state index contributed by atoms with van der Waals surface area (Å²) in [4.78, 5) is 14.9. The van der Waals surface area contributed by atoms with Crippen molar-refractivity contribution in [1.29, 1.82) is 0 Å². The van der Waals surface area contributed by atoms with Crippen LogP contribution in [-0.4, -0.2) is 44.2 Å². The number of hydrogen-bond acceptors (Lipinski definition) is 6. The highest BCUT2D eigenvalue weighted by atomic mass is 19.1. The van der Waals surface area contributed by atoms with Crippen molar-refractivity contribution in [2.75, 3.05) is 12.3 Å². The number of anilines is 1. The lowest BCUT2D eigenvalue weighted by atomic mass is 9.96. The third-order valence-corrected chi connectivity index (χ3v) is 3.13. The molecule has 2 heterocycles. The largest absolute Gasteiger partial charge is 0.394 e. The number of hydrogen-bond donors (Lipinski definition) is 3. The third kappa shape index (κ3) is 2.37. The van der Waals surface area contributed by atoms with E-state index in [-0.39, 0.29) is 0 Å². The highest BCUT2D eigenvalue weighted by molar-refractivity contribution is 5.28. The molecule has 114 valence electrons. The molecule has 0 radical (unpaired) electrons. The van der Waals surface area contributed by atoms with Crippen molar-refractivity contribution in [2.45, 2.75) is 31.0 Å². The second-order valence-electron chi connectivity index (χ2n) is 4.46. The predicted molar refractivity (Wildman–Crippen MR) is 67.2 cm³/mol. The average Bonchev–Trinajstić information content (AvgIpc) is 2.67. The molecule has 1 aromatic heterocycles. The molecule has 2 rings (SSSR count). The molecule has 0 spiro atoms. The van der Waals surface area contributed by atoms with Crippen molar-refractivity contribution < 1.29 is 23.7 Å². The summed E-state index contributed by atoms with van der Waals surface area (Å²) in [7, 11) is 0. The van der Waals surface area contributed by atoms with Gasteiger partial charge in [-0.1, -0.05) is 5.92 Å². The predicted octanol–water partition coefficient (Wildman–Crippen LogP) is -1.05. The molecule has 0 saturated carbocycles. The second kappa shape index (κ2) is 5.40. The van der Waals surface area contributed by atoms with E-state index in [1.165, 1.54) is 6.92 Å². The van der Waals surface area contributed by atoms with Crippen molar-refractivity contribution in [3.63, 3.8) is 0 Å². The molecule has 4 N–H and O–H groups in total. The van der Waals surface area contributed by atoms with Gasteiger partial charge in [-0.2, -0.15) is 4.98 Å². The summed E-state index contributed by atoms with van der Waals surface area (Å²) in [6.07, 6.45) is -4.26. The highest BCUT2D eigenvalue weighted by Gasteiger charge is 2.57. The molecule has 0 bridgehead atoms. The molecule has 9 heteroatoms. The van der Waals surface area contributed by atoms with E-state index in [2.05, 4.69) is 16.8 Å². The molecule has 4 atom stereocenters. The number of aromatic nitrogens is 2. The molecule has 1 aliphatic rings. The van der Waals surface area contributed by atoms with Crippen LogP contribution in [-0.2, 0) is 4.74 Å². The number of aliphatic hydroxyl groups is 2. The average molecular weight is 301 g/mol. The van der Waals surface area contributed by atoms with Crippen LogP contribution in [0.2, 0.25) is 0 Å². The maximum Gasteiger partial charge on any atom is 0.351 e. The normalized spacial score (nSPS) is 31.8. The van der Waals surface area contributed by atoms with Crippen molar-refractivity contribution in [3.05, 3.63) is 22.5 Å². The molecule has 1 fully saturated rings. The minimum atomic E-state index is -2.70. The molecule has 1 saturated heterocycles. The van der Waals surface area contributed by atoms with E-state index in [4.69, 9.17) is 15.6 Å². The fourth-order valence-electron chi connectivity index (χ4n) is 2.12. The van der Waals surface area contributed by atoms with Gasteiger partial charge in [-0.25, -0.2) is 13.6 Å². The van der Waals surface area contributed by atoms with Crippen molar-refractivity contribution >= 4 is 5.82 Å². The fraction of sp³-hybridized carbons (Fsp3) is 0.500. The number of nitrogens with zero attached hydrogens (tertiary/aromatic N) is 2. The zero-order valence-corrected chi connectivity index (χ0v) is 11.0. The first-order chi connectivity index (χ1) is 9.85. The SMILES string of the molecule is CC#C[C@@]1(F)C(O)[C@@H](CO)O[C@H]1n1cc(F)c(N)nc1=O.